The minimum absolute atomic E-state index is 0.299. The first-order chi connectivity index (χ1) is 8.33. The summed E-state index contributed by atoms with van der Waals surface area (Å²) in [4.78, 5) is 20.0. The normalized spacial score (nSPS) is 9.94. The number of aromatic nitrogens is 2. The van der Waals surface area contributed by atoms with Gasteiger partial charge < -0.3 is 4.74 Å². The predicted molar refractivity (Wildman–Crippen MR) is 63.4 cm³/mol. The van der Waals surface area contributed by atoms with Crippen molar-refractivity contribution in [2.75, 3.05) is 6.61 Å². The topological polar surface area (TPSA) is 52.1 Å². The highest BCUT2D eigenvalue weighted by Crippen LogP contribution is 2.19. The maximum atomic E-state index is 11.7. The molecule has 0 atom stereocenters. The number of carbonyl (C=O) groups is 1. The van der Waals surface area contributed by atoms with Gasteiger partial charge in [0.15, 0.2) is 5.69 Å². The second kappa shape index (κ2) is 5.21. The van der Waals surface area contributed by atoms with Gasteiger partial charge in [0.25, 0.3) is 0 Å². The van der Waals surface area contributed by atoms with E-state index in [9.17, 15) is 4.79 Å². The van der Waals surface area contributed by atoms with Gasteiger partial charge in [-0.25, -0.2) is 9.78 Å². The molecule has 2 heterocycles. The van der Waals surface area contributed by atoms with Gasteiger partial charge in [-0.2, -0.15) is 0 Å². The largest absolute Gasteiger partial charge is 0.461 e. The number of ether oxygens (including phenoxy) is 1. The molecule has 0 fully saturated rings. The van der Waals surface area contributed by atoms with Crippen LogP contribution in [0.2, 0.25) is 0 Å². The fourth-order valence-electron chi connectivity index (χ4n) is 1.50. The van der Waals surface area contributed by atoms with Crippen molar-refractivity contribution < 1.29 is 9.53 Å². The lowest BCUT2D eigenvalue weighted by molar-refractivity contribution is 0.0520. The molecule has 0 bridgehead atoms. The zero-order chi connectivity index (χ0) is 12.1. The van der Waals surface area contributed by atoms with E-state index in [2.05, 4.69) is 9.97 Å². The molecule has 86 valence electrons. The Kier molecular flexibility index (Phi) is 3.45. The van der Waals surface area contributed by atoms with E-state index in [1.807, 2.05) is 24.3 Å². The molecular weight excluding hydrogens is 216 g/mol. The molecule has 0 aromatic carbocycles. The lowest BCUT2D eigenvalue weighted by Gasteiger charge is -2.06. The summed E-state index contributed by atoms with van der Waals surface area (Å²) in [6.07, 6.45) is 3.25. The Morgan fingerprint density at radius 3 is 2.71 bits per heavy atom. The van der Waals surface area contributed by atoms with E-state index in [0.717, 1.165) is 0 Å². The Morgan fingerprint density at radius 1 is 1.18 bits per heavy atom. The minimum Gasteiger partial charge on any atom is -0.461 e. The van der Waals surface area contributed by atoms with Gasteiger partial charge >= 0.3 is 5.97 Å². The van der Waals surface area contributed by atoms with Crippen LogP contribution in [-0.2, 0) is 4.74 Å². The van der Waals surface area contributed by atoms with Crippen LogP contribution in [0.15, 0.2) is 42.7 Å². The van der Waals surface area contributed by atoms with Crippen LogP contribution in [0.1, 0.15) is 17.4 Å². The number of pyridine rings is 2. The SMILES string of the molecule is CCOC(=O)c1ncccc1-c1ccccn1. The number of nitrogens with zero attached hydrogens (tertiary/aromatic N) is 2. The van der Waals surface area contributed by atoms with Gasteiger partial charge in [-0.3, -0.25) is 4.98 Å². The van der Waals surface area contributed by atoms with Crippen molar-refractivity contribution in [1.29, 1.82) is 0 Å². The molecule has 0 radical (unpaired) electrons. The highest BCUT2D eigenvalue weighted by Gasteiger charge is 2.15. The van der Waals surface area contributed by atoms with Crippen LogP contribution >= 0.6 is 0 Å². The Labute approximate surface area is 99.3 Å². The molecule has 0 spiro atoms. The molecule has 0 aliphatic heterocycles. The van der Waals surface area contributed by atoms with Crippen molar-refractivity contribution in [3.05, 3.63) is 48.4 Å². The van der Waals surface area contributed by atoms with Gasteiger partial charge in [-0.05, 0) is 31.2 Å². The molecule has 4 heteroatoms. The summed E-state index contributed by atoms with van der Waals surface area (Å²) in [6, 6.07) is 9.10. The zero-order valence-corrected chi connectivity index (χ0v) is 9.46. The standard InChI is InChI=1S/C13H12N2O2/c1-2-17-13(16)12-10(6-5-9-15-12)11-7-3-4-8-14-11/h3-9H,2H2,1H3. The van der Waals surface area contributed by atoms with Crippen molar-refractivity contribution >= 4 is 5.97 Å². The molecule has 0 saturated heterocycles. The highest BCUT2D eigenvalue weighted by atomic mass is 16.5. The van der Waals surface area contributed by atoms with Gasteiger partial charge in [-0.1, -0.05) is 6.07 Å². The first kappa shape index (κ1) is 11.3. The summed E-state index contributed by atoms with van der Waals surface area (Å²) < 4.78 is 4.96. The van der Waals surface area contributed by atoms with E-state index in [1.165, 1.54) is 0 Å². The van der Waals surface area contributed by atoms with Crippen molar-refractivity contribution in [3.63, 3.8) is 0 Å². The van der Waals surface area contributed by atoms with Crippen LogP contribution in [0, 0.1) is 0 Å². The molecule has 2 rings (SSSR count). The van der Waals surface area contributed by atoms with Crippen LogP contribution in [0.25, 0.3) is 11.3 Å². The third-order valence-electron chi connectivity index (χ3n) is 2.22. The average Bonchev–Trinajstić information content (AvgIpc) is 2.40. The molecule has 2 aromatic heterocycles. The zero-order valence-electron chi connectivity index (χ0n) is 9.46. The van der Waals surface area contributed by atoms with Crippen molar-refractivity contribution in [2.45, 2.75) is 6.92 Å². The van der Waals surface area contributed by atoms with Crippen LogP contribution in [-0.4, -0.2) is 22.5 Å². The average molecular weight is 228 g/mol. The van der Waals surface area contributed by atoms with E-state index >= 15 is 0 Å². The van der Waals surface area contributed by atoms with E-state index < -0.39 is 5.97 Å². The number of rotatable bonds is 3. The van der Waals surface area contributed by atoms with E-state index in [1.54, 1.807) is 25.4 Å². The van der Waals surface area contributed by atoms with Crippen molar-refractivity contribution in [1.82, 2.24) is 9.97 Å². The third-order valence-corrected chi connectivity index (χ3v) is 2.22. The fourth-order valence-corrected chi connectivity index (χ4v) is 1.50. The van der Waals surface area contributed by atoms with E-state index in [-0.39, 0.29) is 0 Å². The Balaban J connectivity index is 2.45. The molecule has 0 unspecified atom stereocenters. The van der Waals surface area contributed by atoms with Crippen molar-refractivity contribution in [2.24, 2.45) is 0 Å². The number of carbonyl (C=O) groups excluding carboxylic acids is 1. The molecule has 0 amide bonds. The van der Waals surface area contributed by atoms with Gasteiger partial charge in [0.1, 0.15) is 0 Å². The summed E-state index contributed by atoms with van der Waals surface area (Å²) in [5.74, 6) is -0.422. The number of esters is 1. The van der Waals surface area contributed by atoms with Gasteiger partial charge in [0.2, 0.25) is 0 Å². The van der Waals surface area contributed by atoms with E-state index in [4.69, 9.17) is 4.74 Å². The maximum absolute atomic E-state index is 11.7. The fraction of sp³-hybridized carbons (Fsp3) is 0.154. The molecule has 0 aliphatic rings. The molecule has 17 heavy (non-hydrogen) atoms. The molecule has 0 N–H and O–H groups in total. The van der Waals surface area contributed by atoms with Gasteiger partial charge in [0, 0.05) is 18.0 Å². The predicted octanol–water partition coefficient (Wildman–Crippen LogP) is 2.32. The first-order valence-electron chi connectivity index (χ1n) is 5.36. The number of hydrogen-bond acceptors (Lipinski definition) is 4. The first-order valence-corrected chi connectivity index (χ1v) is 5.36. The second-order valence-electron chi connectivity index (χ2n) is 3.34. The Morgan fingerprint density at radius 2 is 2.00 bits per heavy atom. The lowest BCUT2D eigenvalue weighted by atomic mass is 10.1. The van der Waals surface area contributed by atoms with E-state index in [0.29, 0.717) is 23.6 Å². The van der Waals surface area contributed by atoms with Crippen LogP contribution in [0.5, 0.6) is 0 Å². The monoisotopic (exact) mass is 228 g/mol. The van der Waals surface area contributed by atoms with Gasteiger partial charge in [-0.15, -0.1) is 0 Å². The molecule has 2 aromatic rings. The molecule has 0 aliphatic carbocycles. The second-order valence-corrected chi connectivity index (χ2v) is 3.34. The van der Waals surface area contributed by atoms with Crippen molar-refractivity contribution in [3.8, 4) is 11.3 Å². The van der Waals surface area contributed by atoms with Crippen LogP contribution in [0.3, 0.4) is 0 Å². The lowest BCUT2D eigenvalue weighted by Crippen LogP contribution is -2.09. The summed E-state index contributed by atoms with van der Waals surface area (Å²) >= 11 is 0. The highest BCUT2D eigenvalue weighted by molar-refractivity contribution is 5.94. The molecule has 4 nitrogen and oxygen atoms in total. The maximum Gasteiger partial charge on any atom is 0.357 e. The molecule has 0 saturated carbocycles. The quantitative estimate of drug-likeness (QED) is 0.756. The summed E-state index contributed by atoms with van der Waals surface area (Å²) in [6.45, 7) is 2.10. The van der Waals surface area contributed by atoms with Crippen LogP contribution < -0.4 is 0 Å². The minimum atomic E-state index is -0.422. The Bertz CT molecular complexity index is 512. The van der Waals surface area contributed by atoms with Gasteiger partial charge in [0.05, 0.1) is 12.3 Å². The summed E-state index contributed by atoms with van der Waals surface area (Å²) in [5.41, 5.74) is 1.70. The summed E-state index contributed by atoms with van der Waals surface area (Å²) in [7, 11) is 0. The Hall–Kier alpha value is -2.23. The smallest absolute Gasteiger partial charge is 0.357 e. The number of hydrogen-bond donors (Lipinski definition) is 0. The molecular formula is C13H12N2O2. The third kappa shape index (κ3) is 2.47. The van der Waals surface area contributed by atoms with Crippen LogP contribution in [0.4, 0.5) is 0 Å². The summed E-state index contributed by atoms with van der Waals surface area (Å²) in [5, 5.41) is 0.